The van der Waals surface area contributed by atoms with Crippen molar-refractivity contribution in [2.24, 2.45) is 0 Å². The molecular formula is C60H42N2O. The molecule has 0 unspecified atom stereocenters. The van der Waals surface area contributed by atoms with Crippen molar-refractivity contribution >= 4 is 56.1 Å². The summed E-state index contributed by atoms with van der Waals surface area (Å²) < 4.78 is 6.76. The Morgan fingerprint density at radius 3 is 1.14 bits per heavy atom. The van der Waals surface area contributed by atoms with Gasteiger partial charge in [-0.3, -0.25) is 0 Å². The molecule has 3 heteroatoms. The summed E-state index contributed by atoms with van der Waals surface area (Å²) >= 11 is 0. The van der Waals surface area contributed by atoms with Gasteiger partial charge in [0.1, 0.15) is 5.58 Å². The summed E-state index contributed by atoms with van der Waals surface area (Å²) in [5.74, 6) is 0. The zero-order valence-electron chi connectivity index (χ0n) is 34.6. The molecule has 3 nitrogen and oxygen atoms in total. The molecule has 298 valence electrons. The third kappa shape index (κ3) is 7.02. The topological polar surface area (TPSA) is 19.6 Å². The Bertz CT molecular complexity index is 3270. The molecule has 0 bridgehead atoms. The van der Waals surface area contributed by atoms with E-state index < -0.39 is 0 Å². The Kier molecular flexibility index (Phi) is 9.89. The summed E-state index contributed by atoms with van der Waals surface area (Å²) in [5.41, 5.74) is 17.0. The van der Waals surface area contributed by atoms with Crippen LogP contribution in [0.25, 0.3) is 66.4 Å². The van der Waals surface area contributed by atoms with E-state index in [2.05, 4.69) is 259 Å². The zero-order valence-corrected chi connectivity index (χ0v) is 34.6. The standard InChI is InChI=1S/C60H42N2O/c1-4-22-43(23-5-1)48-30-10-15-36-54(48)61(58-40-21-35-53-52-34-14-19-41-59(52)63-60(53)58)47-29-20-28-46(42-47)51-33-13-18-39-57(51)62(55-37-16-11-31-49(55)44-24-6-2-7-25-44)56-38-17-12-32-50(56)45-26-8-3-9-27-45/h1-42H. The second-order valence-electron chi connectivity index (χ2n) is 15.6. The van der Waals surface area contributed by atoms with Crippen LogP contribution < -0.4 is 9.80 Å². The number of para-hydroxylation sites is 6. The van der Waals surface area contributed by atoms with E-state index >= 15 is 0 Å². The normalized spacial score (nSPS) is 11.2. The van der Waals surface area contributed by atoms with Gasteiger partial charge in [0.25, 0.3) is 0 Å². The molecule has 0 N–H and O–H groups in total. The average Bonchev–Trinajstić information content (AvgIpc) is 3.75. The predicted molar refractivity (Wildman–Crippen MR) is 265 cm³/mol. The van der Waals surface area contributed by atoms with Gasteiger partial charge in [0.2, 0.25) is 0 Å². The largest absolute Gasteiger partial charge is 0.454 e. The number of hydrogen-bond donors (Lipinski definition) is 0. The molecule has 0 saturated carbocycles. The number of furan rings is 1. The van der Waals surface area contributed by atoms with E-state index in [1.165, 1.54) is 0 Å². The van der Waals surface area contributed by atoms with Crippen molar-refractivity contribution in [3.05, 3.63) is 255 Å². The van der Waals surface area contributed by atoms with Gasteiger partial charge in [-0.15, -0.1) is 0 Å². The number of anilines is 6. The van der Waals surface area contributed by atoms with Crippen LogP contribution in [0.3, 0.4) is 0 Å². The van der Waals surface area contributed by atoms with Crippen molar-refractivity contribution in [1.29, 1.82) is 0 Å². The van der Waals surface area contributed by atoms with Gasteiger partial charge in [-0.1, -0.05) is 206 Å². The minimum atomic E-state index is 0.841. The number of rotatable bonds is 10. The third-order valence-corrected chi connectivity index (χ3v) is 11.9. The van der Waals surface area contributed by atoms with Gasteiger partial charge in [0.15, 0.2) is 5.58 Å². The van der Waals surface area contributed by atoms with E-state index in [0.717, 1.165) is 101 Å². The van der Waals surface area contributed by atoms with Crippen LogP contribution in [0.1, 0.15) is 0 Å². The molecular weight excluding hydrogens is 765 g/mol. The second kappa shape index (κ2) is 16.6. The average molecular weight is 807 g/mol. The van der Waals surface area contributed by atoms with Crippen molar-refractivity contribution in [2.45, 2.75) is 0 Å². The van der Waals surface area contributed by atoms with Crippen molar-refractivity contribution in [2.75, 3.05) is 9.80 Å². The van der Waals surface area contributed by atoms with Gasteiger partial charge < -0.3 is 14.2 Å². The van der Waals surface area contributed by atoms with E-state index in [4.69, 9.17) is 4.42 Å². The summed E-state index contributed by atoms with van der Waals surface area (Å²) in [6.07, 6.45) is 0. The first-order valence-electron chi connectivity index (χ1n) is 21.4. The number of nitrogens with zero attached hydrogens (tertiary/aromatic N) is 2. The fourth-order valence-corrected chi connectivity index (χ4v) is 9.02. The minimum Gasteiger partial charge on any atom is -0.454 e. The summed E-state index contributed by atoms with van der Waals surface area (Å²) in [6.45, 7) is 0. The maximum Gasteiger partial charge on any atom is 0.159 e. The molecule has 0 aliphatic heterocycles. The molecule has 1 aromatic heterocycles. The molecule has 11 aromatic rings. The number of benzene rings is 10. The fourth-order valence-electron chi connectivity index (χ4n) is 9.02. The summed E-state index contributed by atoms with van der Waals surface area (Å²) in [5, 5.41) is 2.18. The summed E-state index contributed by atoms with van der Waals surface area (Å²) in [4.78, 5) is 4.82. The second-order valence-corrected chi connectivity index (χ2v) is 15.6. The maximum absolute atomic E-state index is 6.76. The van der Waals surface area contributed by atoms with E-state index in [1.54, 1.807) is 0 Å². The van der Waals surface area contributed by atoms with Gasteiger partial charge in [0, 0.05) is 38.7 Å². The van der Waals surface area contributed by atoms with Gasteiger partial charge in [-0.25, -0.2) is 0 Å². The van der Waals surface area contributed by atoms with Crippen LogP contribution in [0.4, 0.5) is 34.1 Å². The maximum atomic E-state index is 6.76. The highest BCUT2D eigenvalue weighted by molar-refractivity contribution is 6.11. The molecule has 63 heavy (non-hydrogen) atoms. The first-order chi connectivity index (χ1) is 31.3. The molecule has 11 rings (SSSR count). The van der Waals surface area contributed by atoms with Crippen LogP contribution in [0.2, 0.25) is 0 Å². The van der Waals surface area contributed by atoms with Crippen molar-refractivity contribution in [3.63, 3.8) is 0 Å². The number of hydrogen-bond acceptors (Lipinski definition) is 3. The first-order valence-corrected chi connectivity index (χ1v) is 21.4. The Morgan fingerprint density at radius 1 is 0.254 bits per heavy atom. The molecule has 0 aliphatic rings. The van der Waals surface area contributed by atoms with Gasteiger partial charge in [0.05, 0.1) is 28.4 Å². The monoisotopic (exact) mass is 806 g/mol. The number of fused-ring (bicyclic) bond motifs is 3. The van der Waals surface area contributed by atoms with Crippen LogP contribution >= 0.6 is 0 Å². The van der Waals surface area contributed by atoms with Crippen LogP contribution in [0, 0.1) is 0 Å². The van der Waals surface area contributed by atoms with Crippen LogP contribution in [-0.2, 0) is 0 Å². The third-order valence-electron chi connectivity index (χ3n) is 11.9. The van der Waals surface area contributed by atoms with Gasteiger partial charge in [-0.2, -0.15) is 0 Å². The molecule has 10 aromatic carbocycles. The van der Waals surface area contributed by atoms with E-state index in [1.807, 2.05) is 6.07 Å². The Balaban J connectivity index is 1.14. The van der Waals surface area contributed by atoms with Crippen molar-refractivity contribution in [3.8, 4) is 44.5 Å². The highest BCUT2D eigenvalue weighted by Crippen LogP contribution is 2.50. The summed E-state index contributed by atoms with van der Waals surface area (Å²) in [7, 11) is 0. The Labute approximate surface area is 368 Å². The highest BCUT2D eigenvalue weighted by Gasteiger charge is 2.25. The molecule has 0 radical (unpaired) electrons. The molecule has 0 aliphatic carbocycles. The van der Waals surface area contributed by atoms with Crippen molar-refractivity contribution < 1.29 is 4.42 Å². The van der Waals surface area contributed by atoms with Crippen LogP contribution in [0.15, 0.2) is 259 Å². The Hall–Kier alpha value is -8.40. The predicted octanol–water partition coefficient (Wildman–Crippen LogP) is 17.2. The van der Waals surface area contributed by atoms with Crippen LogP contribution in [0.5, 0.6) is 0 Å². The van der Waals surface area contributed by atoms with E-state index in [9.17, 15) is 0 Å². The lowest BCUT2D eigenvalue weighted by Crippen LogP contribution is -2.14. The fraction of sp³-hybridized carbons (Fsp3) is 0. The lowest BCUT2D eigenvalue weighted by Gasteiger charge is -2.32. The van der Waals surface area contributed by atoms with E-state index in [0.29, 0.717) is 0 Å². The van der Waals surface area contributed by atoms with E-state index in [-0.39, 0.29) is 0 Å². The highest BCUT2D eigenvalue weighted by atomic mass is 16.3. The zero-order chi connectivity index (χ0) is 42.0. The molecule has 0 fully saturated rings. The molecule has 0 spiro atoms. The smallest absolute Gasteiger partial charge is 0.159 e. The summed E-state index contributed by atoms with van der Waals surface area (Å²) in [6, 6.07) is 90.7. The molecule has 0 atom stereocenters. The van der Waals surface area contributed by atoms with Crippen molar-refractivity contribution in [1.82, 2.24) is 0 Å². The molecule has 0 amide bonds. The van der Waals surface area contributed by atoms with Gasteiger partial charge in [-0.05, 0) is 70.8 Å². The lowest BCUT2D eigenvalue weighted by atomic mass is 9.96. The SMILES string of the molecule is c1ccc(-c2ccccc2N(c2ccccc2-c2ccccc2)c2ccccc2-c2cccc(N(c3ccccc3-c3ccccc3)c3cccc4c3oc3ccccc34)c2)cc1. The quantitative estimate of drug-likeness (QED) is 0.137. The van der Waals surface area contributed by atoms with Crippen LogP contribution in [-0.4, -0.2) is 0 Å². The van der Waals surface area contributed by atoms with Gasteiger partial charge >= 0.3 is 0 Å². The molecule has 1 heterocycles. The lowest BCUT2D eigenvalue weighted by molar-refractivity contribution is 0.669. The first kappa shape index (κ1) is 37.6. The minimum absolute atomic E-state index is 0.841. The molecule has 0 saturated heterocycles. The Morgan fingerprint density at radius 2 is 0.619 bits per heavy atom.